The third-order valence-electron chi connectivity index (χ3n) is 5.76. The maximum absolute atomic E-state index is 13.2. The summed E-state index contributed by atoms with van der Waals surface area (Å²) in [4.78, 5) is 16.9. The lowest BCUT2D eigenvalue weighted by Crippen LogP contribution is -2.41. The zero-order valence-corrected chi connectivity index (χ0v) is 15.6. The Morgan fingerprint density at radius 2 is 1.81 bits per heavy atom. The molecule has 0 saturated carbocycles. The minimum Gasteiger partial charge on any atom is -0.379 e. The Kier molecular flexibility index (Phi) is 4.98. The van der Waals surface area contributed by atoms with E-state index in [0.717, 1.165) is 18.8 Å². The van der Waals surface area contributed by atoms with Gasteiger partial charge in [-0.1, -0.05) is 30.3 Å². The van der Waals surface area contributed by atoms with Crippen LogP contribution in [-0.2, 0) is 9.53 Å². The van der Waals surface area contributed by atoms with Crippen molar-refractivity contribution in [2.24, 2.45) is 5.41 Å². The van der Waals surface area contributed by atoms with E-state index in [1.807, 2.05) is 6.07 Å². The Hall–Kier alpha value is -2.24. The maximum atomic E-state index is 13.2. The standard InChI is InChI=1S/C22H25FN2O2/c1-17(18-5-3-2-4-6-18)24-11-12-27-16-22(14-24)13-21(26)25(15-22)20-9-7-19(23)8-10-20/h2-10,17H,11-16H2,1H3/t17-,22+/m0/s1. The molecule has 2 fully saturated rings. The van der Waals surface area contributed by atoms with Gasteiger partial charge in [-0.05, 0) is 36.8 Å². The first kappa shape index (κ1) is 18.1. The summed E-state index contributed by atoms with van der Waals surface area (Å²) in [6.45, 7) is 5.73. The smallest absolute Gasteiger partial charge is 0.227 e. The first-order chi connectivity index (χ1) is 13.1. The molecule has 27 heavy (non-hydrogen) atoms. The van der Waals surface area contributed by atoms with E-state index in [4.69, 9.17) is 4.74 Å². The molecule has 4 nitrogen and oxygen atoms in total. The highest BCUT2D eigenvalue weighted by Crippen LogP contribution is 2.38. The predicted octanol–water partition coefficient (Wildman–Crippen LogP) is 3.64. The molecule has 2 heterocycles. The molecule has 2 aliphatic heterocycles. The van der Waals surface area contributed by atoms with Crippen molar-refractivity contribution in [2.45, 2.75) is 19.4 Å². The number of hydrogen-bond donors (Lipinski definition) is 0. The number of rotatable bonds is 3. The summed E-state index contributed by atoms with van der Waals surface area (Å²) in [5.41, 5.74) is 1.80. The Morgan fingerprint density at radius 3 is 2.56 bits per heavy atom. The Bertz CT molecular complexity index is 796. The van der Waals surface area contributed by atoms with Crippen LogP contribution in [0.15, 0.2) is 54.6 Å². The number of carbonyl (C=O) groups excluding carboxylic acids is 1. The first-order valence-corrected chi connectivity index (χ1v) is 9.49. The molecular weight excluding hydrogens is 343 g/mol. The molecule has 2 aromatic rings. The van der Waals surface area contributed by atoms with Crippen LogP contribution in [0, 0.1) is 11.2 Å². The van der Waals surface area contributed by atoms with E-state index in [9.17, 15) is 9.18 Å². The minimum atomic E-state index is -0.291. The summed E-state index contributed by atoms with van der Waals surface area (Å²) >= 11 is 0. The molecule has 0 aromatic heterocycles. The highest BCUT2D eigenvalue weighted by atomic mass is 19.1. The van der Waals surface area contributed by atoms with Gasteiger partial charge in [-0.2, -0.15) is 0 Å². The van der Waals surface area contributed by atoms with Crippen molar-refractivity contribution >= 4 is 11.6 Å². The third kappa shape index (κ3) is 3.75. The monoisotopic (exact) mass is 368 g/mol. The van der Waals surface area contributed by atoms with Crippen molar-refractivity contribution < 1.29 is 13.9 Å². The van der Waals surface area contributed by atoms with E-state index in [0.29, 0.717) is 26.2 Å². The van der Waals surface area contributed by atoms with Crippen molar-refractivity contribution in [3.05, 3.63) is 66.0 Å². The summed E-state index contributed by atoms with van der Waals surface area (Å²) in [5.74, 6) is -0.208. The number of amides is 1. The topological polar surface area (TPSA) is 32.8 Å². The molecule has 0 unspecified atom stereocenters. The van der Waals surface area contributed by atoms with Gasteiger partial charge in [0.15, 0.2) is 0 Å². The van der Waals surface area contributed by atoms with E-state index in [1.54, 1.807) is 17.0 Å². The fourth-order valence-corrected chi connectivity index (χ4v) is 4.25. The minimum absolute atomic E-state index is 0.0828. The van der Waals surface area contributed by atoms with Crippen LogP contribution in [0.2, 0.25) is 0 Å². The average molecular weight is 368 g/mol. The number of benzene rings is 2. The van der Waals surface area contributed by atoms with Crippen LogP contribution in [0.3, 0.4) is 0 Å². The van der Waals surface area contributed by atoms with Crippen molar-refractivity contribution in [3.8, 4) is 0 Å². The van der Waals surface area contributed by atoms with Crippen molar-refractivity contribution in [1.82, 2.24) is 4.90 Å². The van der Waals surface area contributed by atoms with E-state index in [-0.39, 0.29) is 23.2 Å². The number of halogens is 1. The number of nitrogens with zero attached hydrogens (tertiary/aromatic N) is 2. The van der Waals surface area contributed by atoms with Gasteiger partial charge in [-0.25, -0.2) is 4.39 Å². The van der Waals surface area contributed by atoms with Gasteiger partial charge in [0.05, 0.1) is 13.2 Å². The second kappa shape index (κ2) is 7.41. The van der Waals surface area contributed by atoms with Gasteiger partial charge in [0.25, 0.3) is 0 Å². The summed E-state index contributed by atoms with van der Waals surface area (Å²) in [7, 11) is 0. The fourth-order valence-electron chi connectivity index (χ4n) is 4.25. The molecular formula is C22H25FN2O2. The normalized spacial score (nSPS) is 25.0. The fraction of sp³-hybridized carbons (Fsp3) is 0.409. The molecule has 0 aliphatic carbocycles. The maximum Gasteiger partial charge on any atom is 0.227 e. The lowest BCUT2D eigenvalue weighted by Gasteiger charge is -2.35. The van der Waals surface area contributed by atoms with Gasteiger partial charge < -0.3 is 9.64 Å². The molecule has 2 aromatic carbocycles. The summed E-state index contributed by atoms with van der Waals surface area (Å²) in [6.07, 6.45) is 0.461. The first-order valence-electron chi connectivity index (χ1n) is 9.49. The van der Waals surface area contributed by atoms with Crippen LogP contribution < -0.4 is 4.90 Å². The molecule has 1 amide bonds. The van der Waals surface area contributed by atoms with Crippen molar-refractivity contribution in [3.63, 3.8) is 0 Å². The van der Waals surface area contributed by atoms with Crippen LogP contribution in [0.4, 0.5) is 10.1 Å². The van der Waals surface area contributed by atoms with Crippen molar-refractivity contribution in [1.29, 1.82) is 0 Å². The molecule has 0 N–H and O–H groups in total. The lowest BCUT2D eigenvalue weighted by molar-refractivity contribution is -0.118. The Morgan fingerprint density at radius 1 is 1.07 bits per heavy atom. The largest absolute Gasteiger partial charge is 0.379 e. The van der Waals surface area contributed by atoms with Gasteiger partial charge in [-0.3, -0.25) is 9.69 Å². The predicted molar refractivity (Wildman–Crippen MR) is 103 cm³/mol. The zero-order valence-electron chi connectivity index (χ0n) is 15.6. The van der Waals surface area contributed by atoms with Gasteiger partial charge >= 0.3 is 0 Å². The second-order valence-electron chi connectivity index (χ2n) is 7.74. The average Bonchev–Trinajstić information content (AvgIpc) is 2.87. The quantitative estimate of drug-likeness (QED) is 0.829. The molecule has 4 rings (SSSR count). The van der Waals surface area contributed by atoms with Crippen LogP contribution in [0.1, 0.15) is 24.9 Å². The number of hydrogen-bond acceptors (Lipinski definition) is 3. The Balaban J connectivity index is 1.55. The van der Waals surface area contributed by atoms with Crippen LogP contribution in [0.5, 0.6) is 0 Å². The summed E-state index contributed by atoms with van der Waals surface area (Å²) in [6, 6.07) is 16.9. The van der Waals surface area contributed by atoms with Crippen molar-refractivity contribution in [2.75, 3.05) is 37.7 Å². The van der Waals surface area contributed by atoms with E-state index in [2.05, 4.69) is 36.1 Å². The summed E-state index contributed by atoms with van der Waals surface area (Å²) in [5, 5.41) is 0. The molecule has 5 heteroatoms. The number of carbonyl (C=O) groups is 1. The number of anilines is 1. The molecule has 1 spiro atoms. The number of ether oxygens (including phenoxy) is 1. The zero-order chi connectivity index (χ0) is 18.9. The highest BCUT2D eigenvalue weighted by Gasteiger charge is 2.46. The van der Waals surface area contributed by atoms with Gasteiger partial charge in [0.1, 0.15) is 5.82 Å². The van der Waals surface area contributed by atoms with E-state index >= 15 is 0 Å². The van der Waals surface area contributed by atoms with Crippen LogP contribution in [-0.4, -0.2) is 43.7 Å². The van der Waals surface area contributed by atoms with Gasteiger partial charge in [0.2, 0.25) is 5.91 Å². The lowest BCUT2D eigenvalue weighted by atomic mass is 9.86. The van der Waals surface area contributed by atoms with E-state index in [1.165, 1.54) is 17.7 Å². The SMILES string of the molecule is C[C@@H](c1ccccc1)N1CCOC[C@]2(CC(=O)N(c3ccc(F)cc3)C2)C1. The molecule has 0 radical (unpaired) electrons. The summed E-state index contributed by atoms with van der Waals surface area (Å²) < 4.78 is 19.2. The molecule has 142 valence electrons. The van der Waals surface area contributed by atoms with Gasteiger partial charge in [0, 0.05) is 43.2 Å². The van der Waals surface area contributed by atoms with Crippen LogP contribution in [0.25, 0.3) is 0 Å². The molecule has 2 atom stereocenters. The third-order valence-corrected chi connectivity index (χ3v) is 5.76. The van der Waals surface area contributed by atoms with E-state index < -0.39 is 0 Å². The Labute approximate surface area is 159 Å². The molecule has 2 saturated heterocycles. The van der Waals surface area contributed by atoms with Crippen LogP contribution >= 0.6 is 0 Å². The molecule has 0 bridgehead atoms. The highest BCUT2D eigenvalue weighted by molar-refractivity contribution is 5.96. The molecule has 2 aliphatic rings. The van der Waals surface area contributed by atoms with Gasteiger partial charge in [-0.15, -0.1) is 0 Å². The second-order valence-corrected chi connectivity index (χ2v) is 7.74.